The van der Waals surface area contributed by atoms with E-state index in [1.54, 1.807) is 22.7 Å². The van der Waals surface area contributed by atoms with E-state index >= 15 is 0 Å². The summed E-state index contributed by atoms with van der Waals surface area (Å²) in [7, 11) is 11.6. The predicted molar refractivity (Wildman–Crippen MR) is 67.9 cm³/mol. The van der Waals surface area contributed by atoms with Crippen molar-refractivity contribution in [1.82, 2.24) is 0 Å². The second-order valence-corrected chi connectivity index (χ2v) is 5.48. The third-order valence-corrected chi connectivity index (χ3v) is 4.48. The number of hydrogen-bond acceptors (Lipinski definition) is 2. The van der Waals surface area contributed by atoms with Crippen molar-refractivity contribution in [3.05, 3.63) is 23.3 Å². The first-order chi connectivity index (χ1) is 6.58. The quantitative estimate of drug-likeness (QED) is 0.459. The summed E-state index contributed by atoms with van der Waals surface area (Å²) in [6.45, 7) is 4.05. The van der Waals surface area contributed by atoms with E-state index in [9.17, 15) is 0 Å². The molecule has 0 nitrogen and oxygen atoms in total. The van der Waals surface area contributed by atoms with Crippen LogP contribution in [0.15, 0.2) is 12.1 Å². The zero-order valence-electron chi connectivity index (χ0n) is 10.4. The third kappa shape index (κ3) is 7.02. The van der Waals surface area contributed by atoms with Crippen LogP contribution < -0.4 is 9.55 Å². The molecule has 0 fully saturated rings. The van der Waals surface area contributed by atoms with E-state index in [1.807, 2.05) is 13.8 Å². The fraction of sp³-hybridized carbons (Fsp3) is 0.200. The van der Waals surface area contributed by atoms with Gasteiger partial charge >= 0.3 is 0 Å². The van der Waals surface area contributed by atoms with Gasteiger partial charge in [0.05, 0.1) is 0 Å². The first-order valence-electron chi connectivity index (χ1n) is 4.30. The van der Waals surface area contributed by atoms with Crippen molar-refractivity contribution in [3.63, 3.8) is 0 Å². The standard InChI is InChI=1S/C10H8B2S2.4Y/c1-5-3-7(13-9(5)11)8-4-6(2)10(12)14-8;;;;/h3-4H,1-2H3;;;;. The Morgan fingerprint density at radius 3 is 1.17 bits per heavy atom. The molecule has 2 heterocycles. The van der Waals surface area contributed by atoms with E-state index in [4.69, 9.17) is 15.7 Å². The van der Waals surface area contributed by atoms with Gasteiger partial charge in [-0.05, 0) is 46.7 Å². The van der Waals surface area contributed by atoms with Gasteiger partial charge in [-0.3, -0.25) is 0 Å². The van der Waals surface area contributed by atoms with Gasteiger partial charge in [-0.1, -0.05) is 0 Å². The zero-order valence-corrected chi connectivity index (χ0v) is 23.4. The maximum Gasteiger partial charge on any atom is 0.129 e. The molecule has 8 heteroatoms. The van der Waals surface area contributed by atoms with Crippen molar-refractivity contribution in [2.75, 3.05) is 0 Å². The minimum atomic E-state index is 0. The maximum atomic E-state index is 5.81. The molecule has 0 saturated heterocycles. The molecule has 8 radical (unpaired) electrons. The van der Waals surface area contributed by atoms with Crippen LogP contribution in [0.4, 0.5) is 0 Å². The van der Waals surface area contributed by atoms with E-state index in [0.717, 1.165) is 20.7 Å². The average Bonchev–Trinajstić information content (AvgIpc) is 2.60. The largest absolute Gasteiger partial charge is 0.151 e. The molecule has 0 aliphatic rings. The van der Waals surface area contributed by atoms with Crippen molar-refractivity contribution < 1.29 is 131 Å². The molecule has 0 bridgehead atoms. The van der Waals surface area contributed by atoms with E-state index < -0.39 is 0 Å². The van der Waals surface area contributed by atoms with E-state index in [0.29, 0.717) is 0 Å². The summed E-state index contributed by atoms with van der Waals surface area (Å²) in [5, 5.41) is 0. The van der Waals surface area contributed by atoms with Gasteiger partial charge in [0.2, 0.25) is 0 Å². The van der Waals surface area contributed by atoms with Crippen LogP contribution >= 0.6 is 22.7 Å². The molecule has 18 heavy (non-hydrogen) atoms. The summed E-state index contributed by atoms with van der Waals surface area (Å²) < 4.78 is 1.79. The van der Waals surface area contributed by atoms with Crippen molar-refractivity contribution in [2.24, 2.45) is 0 Å². The first kappa shape index (κ1) is 26.8. The molecule has 0 aromatic carbocycles. The smallest absolute Gasteiger partial charge is 0.129 e. The Morgan fingerprint density at radius 1 is 0.722 bits per heavy atom. The molecule has 2 aromatic rings. The van der Waals surface area contributed by atoms with Gasteiger partial charge < -0.3 is 0 Å². The molecule has 2 rings (SSSR count). The Hall–Kier alpha value is 3.95. The van der Waals surface area contributed by atoms with Crippen LogP contribution in [0, 0.1) is 13.8 Å². The number of rotatable bonds is 1. The summed E-state index contributed by atoms with van der Waals surface area (Å²) in [6.07, 6.45) is 0. The van der Waals surface area contributed by atoms with Crippen LogP contribution in [0.3, 0.4) is 0 Å². The molecule has 0 unspecified atom stereocenters. The van der Waals surface area contributed by atoms with Crippen molar-refractivity contribution in [3.8, 4) is 9.75 Å². The number of hydrogen-bond donors (Lipinski definition) is 0. The molecule has 0 aliphatic heterocycles. The molecule has 0 aliphatic carbocycles. The van der Waals surface area contributed by atoms with Crippen LogP contribution in [0.5, 0.6) is 0 Å². The van der Waals surface area contributed by atoms with Crippen LogP contribution in [0.1, 0.15) is 11.1 Å². The summed E-state index contributed by atoms with van der Waals surface area (Å²) in [5.74, 6) is 0. The molecule has 78 valence electrons. The molecular formula is C10H8B2S2Y4. The monoisotopic (exact) mass is 570 g/mol. The summed E-state index contributed by atoms with van der Waals surface area (Å²) in [6, 6.07) is 4.23. The SMILES string of the molecule is [B]c1sc(-c2cc(C)c([B])s2)cc1C.[Y].[Y].[Y].[Y]. The van der Waals surface area contributed by atoms with Crippen LogP contribution in [0.2, 0.25) is 0 Å². The first-order valence-corrected chi connectivity index (χ1v) is 5.93. The van der Waals surface area contributed by atoms with Gasteiger partial charge in [0.25, 0.3) is 0 Å². The normalized spacial score (nSPS) is 8.33. The van der Waals surface area contributed by atoms with E-state index in [2.05, 4.69) is 12.1 Å². The van der Waals surface area contributed by atoms with Crippen molar-refractivity contribution in [2.45, 2.75) is 13.8 Å². The number of aryl methyl sites for hydroxylation is 2. The fourth-order valence-electron chi connectivity index (χ4n) is 1.24. The maximum absolute atomic E-state index is 5.81. The Kier molecular flexibility index (Phi) is 18.4. The minimum Gasteiger partial charge on any atom is -0.151 e. The summed E-state index contributed by atoms with van der Waals surface area (Å²) >= 11 is 3.24. The molecule has 0 saturated carbocycles. The van der Waals surface area contributed by atoms with Crippen LogP contribution in [-0.4, -0.2) is 15.7 Å². The molecule has 0 amide bonds. The van der Waals surface area contributed by atoms with E-state index in [1.165, 1.54) is 9.75 Å². The topological polar surface area (TPSA) is 0 Å². The summed E-state index contributed by atoms with van der Waals surface area (Å²) in [4.78, 5) is 2.43. The molecule has 0 N–H and O–H groups in total. The Balaban J connectivity index is -0.000000562. The minimum absolute atomic E-state index is 0. The second kappa shape index (κ2) is 12.4. The molecule has 2 aromatic heterocycles. The second-order valence-electron chi connectivity index (χ2n) is 3.32. The summed E-state index contributed by atoms with van der Waals surface area (Å²) in [5.41, 5.74) is 2.30. The fourth-order valence-corrected chi connectivity index (χ4v) is 3.19. The Bertz CT molecular complexity index is 399. The Labute approximate surface area is 220 Å². The number of thiophene rings is 2. The Morgan fingerprint density at radius 2 is 1.00 bits per heavy atom. The van der Waals surface area contributed by atoms with Gasteiger partial charge in [0.15, 0.2) is 0 Å². The van der Waals surface area contributed by atoms with Gasteiger partial charge in [0.1, 0.15) is 15.7 Å². The third-order valence-electron chi connectivity index (χ3n) is 2.16. The average molecular weight is 570 g/mol. The van der Waals surface area contributed by atoms with Crippen LogP contribution in [0.25, 0.3) is 9.75 Å². The van der Waals surface area contributed by atoms with Crippen LogP contribution in [-0.2, 0) is 131 Å². The predicted octanol–water partition coefficient (Wildman–Crippen LogP) is 1.67. The molecular weight excluding hydrogens is 561 g/mol. The van der Waals surface area contributed by atoms with Crippen molar-refractivity contribution >= 4 is 47.9 Å². The zero-order chi connectivity index (χ0) is 10.3. The van der Waals surface area contributed by atoms with Gasteiger partial charge in [0, 0.05) is 141 Å². The van der Waals surface area contributed by atoms with Crippen molar-refractivity contribution in [1.29, 1.82) is 0 Å². The van der Waals surface area contributed by atoms with E-state index in [-0.39, 0.29) is 131 Å². The van der Waals surface area contributed by atoms with Gasteiger partial charge in [-0.2, -0.15) is 22.7 Å². The molecule has 0 atom stereocenters. The van der Waals surface area contributed by atoms with Gasteiger partial charge in [-0.15, -0.1) is 0 Å². The van der Waals surface area contributed by atoms with Gasteiger partial charge in [-0.25, -0.2) is 0 Å². The molecule has 0 spiro atoms.